The monoisotopic (exact) mass is 365 g/mol. The molecular formula is C18H17Cl2NO3. The van der Waals surface area contributed by atoms with Crippen LogP contribution in [0.3, 0.4) is 0 Å². The van der Waals surface area contributed by atoms with E-state index in [2.05, 4.69) is 12.2 Å². The van der Waals surface area contributed by atoms with Gasteiger partial charge in [-0.05, 0) is 43.2 Å². The molecule has 0 aliphatic heterocycles. The minimum Gasteiger partial charge on any atom is -0.449 e. The Morgan fingerprint density at radius 3 is 2.42 bits per heavy atom. The van der Waals surface area contributed by atoms with Gasteiger partial charge in [0.25, 0.3) is 5.91 Å². The van der Waals surface area contributed by atoms with Gasteiger partial charge in [-0.3, -0.25) is 4.79 Å². The molecule has 0 radical (unpaired) electrons. The van der Waals surface area contributed by atoms with E-state index in [0.29, 0.717) is 5.69 Å². The highest BCUT2D eigenvalue weighted by Crippen LogP contribution is 2.26. The Balaban J connectivity index is 2.00. The molecule has 0 unspecified atom stereocenters. The summed E-state index contributed by atoms with van der Waals surface area (Å²) in [6.07, 6.45) is -0.0544. The van der Waals surface area contributed by atoms with Crippen molar-refractivity contribution in [2.45, 2.75) is 26.4 Å². The molecule has 1 N–H and O–H groups in total. The molecule has 0 spiro atoms. The first-order valence-corrected chi connectivity index (χ1v) is 8.22. The van der Waals surface area contributed by atoms with Gasteiger partial charge >= 0.3 is 5.97 Å². The number of carbonyl (C=O) groups excluding carboxylic acids is 2. The van der Waals surface area contributed by atoms with Crippen molar-refractivity contribution in [2.24, 2.45) is 0 Å². The first kappa shape index (κ1) is 18.3. The lowest BCUT2D eigenvalue weighted by atomic mass is 10.1. The molecule has 4 nitrogen and oxygen atoms in total. The number of ether oxygens (including phenoxy) is 1. The lowest BCUT2D eigenvalue weighted by molar-refractivity contribution is -0.123. The number of benzene rings is 2. The highest BCUT2D eigenvalue weighted by Gasteiger charge is 2.21. The molecule has 2 aromatic carbocycles. The molecule has 6 heteroatoms. The van der Waals surface area contributed by atoms with E-state index in [4.69, 9.17) is 27.9 Å². The number of hydrogen-bond donors (Lipinski definition) is 1. The molecule has 0 fully saturated rings. The van der Waals surface area contributed by atoms with Crippen molar-refractivity contribution in [3.05, 3.63) is 63.6 Å². The van der Waals surface area contributed by atoms with E-state index in [1.165, 1.54) is 18.6 Å². The van der Waals surface area contributed by atoms with Crippen LogP contribution in [0.15, 0.2) is 42.5 Å². The van der Waals surface area contributed by atoms with Crippen molar-refractivity contribution < 1.29 is 14.3 Å². The Kier molecular flexibility index (Phi) is 6.23. The molecular weight excluding hydrogens is 349 g/mol. The summed E-state index contributed by atoms with van der Waals surface area (Å²) in [5.74, 6) is -1.13. The van der Waals surface area contributed by atoms with Gasteiger partial charge in [0.1, 0.15) is 0 Å². The van der Waals surface area contributed by atoms with Crippen LogP contribution in [-0.2, 0) is 16.0 Å². The largest absolute Gasteiger partial charge is 0.449 e. The topological polar surface area (TPSA) is 55.4 Å². The van der Waals surface area contributed by atoms with Crippen molar-refractivity contribution >= 4 is 40.8 Å². The number of amides is 1. The number of aryl methyl sites for hydroxylation is 1. The third kappa shape index (κ3) is 4.49. The first-order chi connectivity index (χ1) is 11.4. The van der Waals surface area contributed by atoms with E-state index in [1.54, 1.807) is 24.3 Å². The molecule has 0 saturated carbocycles. The first-order valence-electron chi connectivity index (χ1n) is 7.47. The summed E-state index contributed by atoms with van der Waals surface area (Å²) in [4.78, 5) is 24.3. The van der Waals surface area contributed by atoms with Crippen LogP contribution in [0.2, 0.25) is 10.0 Å². The maximum absolute atomic E-state index is 12.1. The van der Waals surface area contributed by atoms with E-state index in [0.717, 1.165) is 6.42 Å². The van der Waals surface area contributed by atoms with Crippen LogP contribution < -0.4 is 5.32 Å². The lowest BCUT2D eigenvalue weighted by Crippen LogP contribution is -2.30. The van der Waals surface area contributed by atoms with Crippen molar-refractivity contribution in [1.82, 2.24) is 0 Å². The summed E-state index contributed by atoms with van der Waals surface area (Å²) >= 11 is 11.8. The minimum atomic E-state index is -0.974. The van der Waals surface area contributed by atoms with Crippen LogP contribution in [0, 0.1) is 0 Å². The predicted octanol–water partition coefficient (Wildman–Crippen LogP) is 4.74. The van der Waals surface area contributed by atoms with Crippen molar-refractivity contribution in [2.75, 3.05) is 5.32 Å². The molecule has 0 bridgehead atoms. The summed E-state index contributed by atoms with van der Waals surface area (Å²) < 4.78 is 5.16. The van der Waals surface area contributed by atoms with Gasteiger partial charge in [0.15, 0.2) is 6.10 Å². The Labute approximate surface area is 150 Å². The second-order valence-corrected chi connectivity index (χ2v) is 5.97. The zero-order chi connectivity index (χ0) is 17.7. The molecule has 2 rings (SSSR count). The van der Waals surface area contributed by atoms with Crippen molar-refractivity contribution in [3.63, 3.8) is 0 Å². The molecule has 0 aliphatic rings. The van der Waals surface area contributed by atoms with E-state index >= 15 is 0 Å². The molecule has 0 aromatic heterocycles. The van der Waals surface area contributed by atoms with Gasteiger partial charge in [0.05, 0.1) is 15.6 Å². The SMILES string of the molecule is CCc1ccc(NC(=O)[C@@H](C)OC(=O)c2cccc(Cl)c2Cl)cc1. The van der Waals surface area contributed by atoms with Crippen LogP contribution in [0.5, 0.6) is 0 Å². The van der Waals surface area contributed by atoms with Crippen LogP contribution >= 0.6 is 23.2 Å². The summed E-state index contributed by atoms with van der Waals surface area (Å²) in [6, 6.07) is 12.1. The van der Waals surface area contributed by atoms with E-state index in [1.807, 2.05) is 12.1 Å². The Morgan fingerprint density at radius 1 is 1.12 bits per heavy atom. The highest BCUT2D eigenvalue weighted by molar-refractivity contribution is 6.43. The lowest BCUT2D eigenvalue weighted by Gasteiger charge is -2.14. The van der Waals surface area contributed by atoms with Crippen LogP contribution in [0.1, 0.15) is 29.8 Å². The third-order valence-corrected chi connectivity index (χ3v) is 4.27. The Bertz CT molecular complexity index is 744. The summed E-state index contributed by atoms with van der Waals surface area (Å²) in [6.45, 7) is 3.54. The molecule has 1 atom stereocenters. The number of hydrogen-bond acceptors (Lipinski definition) is 3. The fraction of sp³-hybridized carbons (Fsp3) is 0.222. The van der Waals surface area contributed by atoms with Crippen LogP contribution in [0.25, 0.3) is 0 Å². The predicted molar refractivity (Wildman–Crippen MR) is 95.8 cm³/mol. The quantitative estimate of drug-likeness (QED) is 0.778. The van der Waals surface area contributed by atoms with Gasteiger partial charge in [-0.15, -0.1) is 0 Å². The van der Waals surface area contributed by atoms with E-state index in [-0.39, 0.29) is 15.6 Å². The third-order valence-electron chi connectivity index (χ3n) is 3.45. The maximum atomic E-state index is 12.1. The number of carbonyl (C=O) groups is 2. The van der Waals surface area contributed by atoms with E-state index in [9.17, 15) is 9.59 Å². The highest BCUT2D eigenvalue weighted by atomic mass is 35.5. The molecule has 126 valence electrons. The minimum absolute atomic E-state index is 0.104. The molecule has 0 aliphatic carbocycles. The number of nitrogens with one attached hydrogen (secondary N) is 1. The van der Waals surface area contributed by atoms with Crippen molar-refractivity contribution in [1.29, 1.82) is 0 Å². The normalized spacial score (nSPS) is 11.7. The second kappa shape index (κ2) is 8.18. The van der Waals surface area contributed by atoms with Gasteiger partial charge in [0.2, 0.25) is 0 Å². The van der Waals surface area contributed by atoms with E-state index < -0.39 is 18.0 Å². The molecule has 0 heterocycles. The average molecular weight is 366 g/mol. The van der Waals surface area contributed by atoms with Gasteiger partial charge in [0, 0.05) is 5.69 Å². The zero-order valence-corrected chi connectivity index (χ0v) is 14.8. The molecule has 2 aromatic rings. The second-order valence-electron chi connectivity index (χ2n) is 5.19. The van der Waals surface area contributed by atoms with Crippen molar-refractivity contribution in [3.8, 4) is 0 Å². The van der Waals surface area contributed by atoms with Crippen LogP contribution in [0.4, 0.5) is 5.69 Å². The maximum Gasteiger partial charge on any atom is 0.340 e. The smallest absolute Gasteiger partial charge is 0.340 e. The molecule has 0 saturated heterocycles. The molecule has 1 amide bonds. The Hall–Kier alpha value is -2.04. The van der Waals surface area contributed by atoms with Gasteiger partial charge in [-0.25, -0.2) is 4.79 Å². The number of anilines is 1. The van der Waals surface area contributed by atoms with Gasteiger partial charge in [-0.2, -0.15) is 0 Å². The summed E-state index contributed by atoms with van der Waals surface area (Å²) in [5.41, 5.74) is 1.93. The number of esters is 1. The molecule has 24 heavy (non-hydrogen) atoms. The summed E-state index contributed by atoms with van der Waals surface area (Å²) in [5, 5.41) is 3.05. The number of rotatable bonds is 5. The number of halogens is 2. The average Bonchev–Trinajstić information content (AvgIpc) is 2.57. The fourth-order valence-corrected chi connectivity index (χ4v) is 2.38. The zero-order valence-electron chi connectivity index (χ0n) is 13.3. The van der Waals surface area contributed by atoms with Gasteiger partial charge < -0.3 is 10.1 Å². The Morgan fingerprint density at radius 2 is 1.79 bits per heavy atom. The standard InChI is InChI=1S/C18H17Cl2NO3/c1-3-12-7-9-13(10-8-12)21-17(22)11(2)24-18(23)14-5-4-6-15(19)16(14)20/h4-11H,3H2,1-2H3,(H,21,22)/t11-/m1/s1. The summed E-state index contributed by atoms with van der Waals surface area (Å²) in [7, 11) is 0. The van der Waals surface area contributed by atoms with Crippen LogP contribution in [-0.4, -0.2) is 18.0 Å². The fourth-order valence-electron chi connectivity index (χ4n) is 2.01. The van der Waals surface area contributed by atoms with Gasteiger partial charge in [-0.1, -0.05) is 48.3 Å².